The predicted octanol–water partition coefficient (Wildman–Crippen LogP) is 2.75. The first kappa shape index (κ1) is 13.9. The summed E-state index contributed by atoms with van der Waals surface area (Å²) in [5.41, 5.74) is -0.236. The second-order valence-corrected chi connectivity index (χ2v) is 6.30. The van der Waals surface area contributed by atoms with E-state index in [1.165, 1.54) is 25.7 Å². The molecule has 104 valence electrons. The summed E-state index contributed by atoms with van der Waals surface area (Å²) in [6, 6.07) is 0. The Morgan fingerprint density at radius 3 is 2.89 bits per heavy atom. The molecule has 2 rings (SSSR count). The van der Waals surface area contributed by atoms with E-state index in [1.54, 1.807) is 0 Å². The highest BCUT2D eigenvalue weighted by Gasteiger charge is 2.41. The maximum absolute atomic E-state index is 12.3. The highest BCUT2D eigenvalue weighted by Crippen LogP contribution is 2.33. The fourth-order valence-corrected chi connectivity index (χ4v) is 3.42. The minimum Gasteiger partial charge on any atom is -0.465 e. The molecule has 1 aliphatic carbocycles. The predicted molar refractivity (Wildman–Crippen MR) is 72.3 cm³/mol. The van der Waals surface area contributed by atoms with E-state index in [0.29, 0.717) is 12.5 Å². The van der Waals surface area contributed by atoms with Crippen molar-refractivity contribution in [2.75, 3.05) is 19.7 Å². The van der Waals surface area contributed by atoms with Crippen molar-refractivity contribution in [1.29, 1.82) is 0 Å². The molecule has 1 N–H and O–H groups in total. The Bertz CT molecular complexity index is 284. The summed E-state index contributed by atoms with van der Waals surface area (Å²) in [6.07, 6.45) is 6.92. The Morgan fingerprint density at radius 2 is 2.28 bits per heavy atom. The molecule has 3 atom stereocenters. The number of hydrogen-bond acceptors (Lipinski definition) is 3. The minimum atomic E-state index is -0.236. The van der Waals surface area contributed by atoms with Crippen LogP contribution in [0.4, 0.5) is 0 Å². The van der Waals surface area contributed by atoms with Crippen molar-refractivity contribution in [2.45, 2.75) is 52.4 Å². The maximum atomic E-state index is 12.3. The van der Waals surface area contributed by atoms with Gasteiger partial charge in [0.2, 0.25) is 0 Å². The molecule has 0 radical (unpaired) electrons. The quantitative estimate of drug-likeness (QED) is 0.783. The summed E-state index contributed by atoms with van der Waals surface area (Å²) in [7, 11) is 0. The van der Waals surface area contributed by atoms with Gasteiger partial charge in [-0.3, -0.25) is 4.79 Å². The van der Waals surface area contributed by atoms with Crippen LogP contribution in [-0.4, -0.2) is 25.7 Å². The van der Waals surface area contributed by atoms with E-state index >= 15 is 0 Å². The van der Waals surface area contributed by atoms with Gasteiger partial charge in [-0.1, -0.05) is 26.7 Å². The highest BCUT2D eigenvalue weighted by molar-refractivity contribution is 5.77. The first-order chi connectivity index (χ1) is 8.66. The molecule has 0 spiro atoms. The molecule has 0 aromatic carbocycles. The molecule has 3 nitrogen and oxygen atoms in total. The fourth-order valence-electron chi connectivity index (χ4n) is 3.42. The Kier molecular flexibility index (Phi) is 4.66. The Morgan fingerprint density at radius 1 is 1.44 bits per heavy atom. The zero-order chi connectivity index (χ0) is 13.0. The zero-order valence-corrected chi connectivity index (χ0v) is 11.8. The Labute approximate surface area is 111 Å². The fraction of sp³-hybridized carbons (Fsp3) is 0.933. The molecule has 1 heterocycles. The third-order valence-electron chi connectivity index (χ3n) is 4.85. The second kappa shape index (κ2) is 6.05. The SMILES string of the molecule is CCC1(C(=O)OCC2CCCC(C)C2)CCNC1. The Balaban J connectivity index is 1.80. The van der Waals surface area contributed by atoms with Crippen molar-refractivity contribution in [3.63, 3.8) is 0 Å². The standard InChI is InChI=1S/C15H27NO2/c1-3-15(7-8-16-11-15)14(17)18-10-13-6-4-5-12(2)9-13/h12-13,16H,3-11H2,1-2H3. The van der Waals surface area contributed by atoms with Gasteiger partial charge in [0.15, 0.2) is 0 Å². The monoisotopic (exact) mass is 253 g/mol. The number of carbonyl (C=O) groups is 1. The number of hydrogen-bond donors (Lipinski definition) is 1. The van der Waals surface area contributed by atoms with Crippen LogP contribution >= 0.6 is 0 Å². The van der Waals surface area contributed by atoms with Crippen molar-refractivity contribution < 1.29 is 9.53 Å². The van der Waals surface area contributed by atoms with Crippen LogP contribution < -0.4 is 5.32 Å². The molecular formula is C15H27NO2. The summed E-state index contributed by atoms with van der Waals surface area (Å²) in [6.45, 7) is 6.79. The van der Waals surface area contributed by atoms with E-state index in [9.17, 15) is 4.79 Å². The summed E-state index contributed by atoms with van der Waals surface area (Å²) in [4.78, 5) is 12.3. The minimum absolute atomic E-state index is 0.0354. The lowest BCUT2D eigenvalue weighted by Crippen LogP contribution is -2.35. The van der Waals surface area contributed by atoms with E-state index < -0.39 is 0 Å². The van der Waals surface area contributed by atoms with E-state index in [-0.39, 0.29) is 11.4 Å². The van der Waals surface area contributed by atoms with Crippen molar-refractivity contribution in [3.8, 4) is 0 Å². The topological polar surface area (TPSA) is 38.3 Å². The number of nitrogens with one attached hydrogen (secondary N) is 1. The van der Waals surface area contributed by atoms with E-state index in [1.807, 2.05) is 0 Å². The van der Waals surface area contributed by atoms with Crippen LogP contribution in [0.5, 0.6) is 0 Å². The summed E-state index contributed by atoms with van der Waals surface area (Å²) in [5.74, 6) is 1.44. The molecule has 1 saturated carbocycles. The molecule has 2 aliphatic rings. The second-order valence-electron chi connectivity index (χ2n) is 6.30. The van der Waals surface area contributed by atoms with E-state index in [0.717, 1.165) is 31.8 Å². The number of carbonyl (C=O) groups excluding carboxylic acids is 1. The first-order valence-corrected chi connectivity index (χ1v) is 7.54. The van der Waals surface area contributed by atoms with Gasteiger partial charge in [-0.05, 0) is 44.1 Å². The molecule has 2 fully saturated rings. The molecule has 0 aromatic rings. The van der Waals surface area contributed by atoms with Crippen LogP contribution in [0.15, 0.2) is 0 Å². The average molecular weight is 253 g/mol. The van der Waals surface area contributed by atoms with Gasteiger partial charge >= 0.3 is 5.97 Å². The molecule has 0 aromatic heterocycles. The molecule has 18 heavy (non-hydrogen) atoms. The van der Waals surface area contributed by atoms with Crippen LogP contribution in [0.2, 0.25) is 0 Å². The number of ether oxygens (including phenoxy) is 1. The smallest absolute Gasteiger partial charge is 0.313 e. The lowest BCUT2D eigenvalue weighted by molar-refractivity contribution is -0.157. The highest BCUT2D eigenvalue weighted by atomic mass is 16.5. The normalized spacial score (nSPS) is 36.6. The van der Waals surface area contributed by atoms with Crippen molar-refractivity contribution in [2.24, 2.45) is 17.3 Å². The van der Waals surface area contributed by atoms with Crippen LogP contribution in [0, 0.1) is 17.3 Å². The molecule has 1 saturated heterocycles. The van der Waals surface area contributed by atoms with E-state index in [4.69, 9.17) is 4.74 Å². The van der Waals surface area contributed by atoms with Gasteiger partial charge in [-0.2, -0.15) is 0 Å². The van der Waals surface area contributed by atoms with Crippen LogP contribution in [0.3, 0.4) is 0 Å². The lowest BCUT2D eigenvalue weighted by Gasteiger charge is -2.29. The molecule has 1 aliphatic heterocycles. The molecule has 0 bridgehead atoms. The van der Waals surface area contributed by atoms with Crippen LogP contribution in [-0.2, 0) is 9.53 Å². The average Bonchev–Trinajstić information content (AvgIpc) is 2.86. The molecular weight excluding hydrogens is 226 g/mol. The van der Waals surface area contributed by atoms with Crippen molar-refractivity contribution in [1.82, 2.24) is 5.32 Å². The van der Waals surface area contributed by atoms with Crippen LogP contribution in [0.25, 0.3) is 0 Å². The van der Waals surface area contributed by atoms with E-state index in [2.05, 4.69) is 19.2 Å². The first-order valence-electron chi connectivity index (χ1n) is 7.54. The van der Waals surface area contributed by atoms with Gasteiger partial charge in [0.05, 0.1) is 12.0 Å². The largest absolute Gasteiger partial charge is 0.465 e. The maximum Gasteiger partial charge on any atom is 0.313 e. The van der Waals surface area contributed by atoms with Crippen molar-refractivity contribution in [3.05, 3.63) is 0 Å². The number of rotatable bonds is 4. The summed E-state index contributed by atoms with van der Waals surface area (Å²) >= 11 is 0. The molecule has 0 amide bonds. The van der Waals surface area contributed by atoms with Gasteiger partial charge in [0, 0.05) is 6.54 Å². The number of esters is 1. The van der Waals surface area contributed by atoms with Gasteiger partial charge in [0.1, 0.15) is 0 Å². The van der Waals surface area contributed by atoms with Gasteiger partial charge < -0.3 is 10.1 Å². The third-order valence-corrected chi connectivity index (χ3v) is 4.85. The molecule has 3 unspecified atom stereocenters. The van der Waals surface area contributed by atoms with Crippen molar-refractivity contribution >= 4 is 5.97 Å². The zero-order valence-electron chi connectivity index (χ0n) is 11.8. The van der Waals surface area contributed by atoms with Gasteiger partial charge in [-0.15, -0.1) is 0 Å². The Hall–Kier alpha value is -0.570. The lowest BCUT2D eigenvalue weighted by atomic mass is 9.82. The third kappa shape index (κ3) is 3.05. The summed E-state index contributed by atoms with van der Waals surface area (Å²) < 4.78 is 5.63. The molecule has 3 heteroatoms. The van der Waals surface area contributed by atoms with Crippen LogP contribution in [0.1, 0.15) is 52.4 Å². The van der Waals surface area contributed by atoms with Gasteiger partial charge in [0.25, 0.3) is 0 Å². The van der Waals surface area contributed by atoms with Gasteiger partial charge in [-0.25, -0.2) is 0 Å². The summed E-state index contributed by atoms with van der Waals surface area (Å²) in [5, 5.41) is 3.29.